The first-order valence-electron chi connectivity index (χ1n) is 8.42. The molecule has 0 spiro atoms. The molecule has 0 aliphatic carbocycles. The number of amides is 2. The molecule has 0 radical (unpaired) electrons. The molecule has 1 aliphatic heterocycles. The SMILES string of the molecule is CCCC(=O)N1CCN(CC(=O)Nc2ccc(OC(F)(F)F)cc2)CC1. The van der Waals surface area contributed by atoms with E-state index in [2.05, 4.69) is 10.1 Å². The number of alkyl halides is 3. The maximum atomic E-state index is 12.1. The lowest BCUT2D eigenvalue weighted by Crippen LogP contribution is -2.50. The minimum absolute atomic E-state index is 0.137. The number of carbonyl (C=O) groups excluding carboxylic acids is 2. The van der Waals surface area contributed by atoms with Crippen molar-refractivity contribution >= 4 is 17.5 Å². The van der Waals surface area contributed by atoms with Gasteiger partial charge in [0.1, 0.15) is 5.75 Å². The van der Waals surface area contributed by atoms with E-state index in [1.165, 1.54) is 12.1 Å². The lowest BCUT2D eigenvalue weighted by Gasteiger charge is -2.34. The third-order valence-corrected chi connectivity index (χ3v) is 3.93. The zero-order chi connectivity index (χ0) is 19.2. The Kier molecular flexibility index (Phi) is 6.84. The Bertz CT molecular complexity index is 612. The number of carbonyl (C=O) groups is 2. The van der Waals surface area contributed by atoms with Gasteiger partial charge in [-0.1, -0.05) is 6.92 Å². The summed E-state index contributed by atoms with van der Waals surface area (Å²) in [5.74, 6) is -0.469. The molecule has 2 amide bonds. The molecule has 0 atom stereocenters. The fraction of sp³-hybridized carbons (Fsp3) is 0.529. The second-order valence-corrected chi connectivity index (χ2v) is 6.03. The van der Waals surface area contributed by atoms with Crippen LogP contribution in [0.4, 0.5) is 18.9 Å². The Morgan fingerprint density at radius 1 is 1.12 bits per heavy atom. The number of nitrogens with zero attached hydrogens (tertiary/aromatic N) is 2. The van der Waals surface area contributed by atoms with Gasteiger partial charge in [-0.3, -0.25) is 14.5 Å². The van der Waals surface area contributed by atoms with Crippen molar-refractivity contribution in [3.05, 3.63) is 24.3 Å². The second-order valence-electron chi connectivity index (χ2n) is 6.03. The summed E-state index contributed by atoms with van der Waals surface area (Å²) in [7, 11) is 0. The van der Waals surface area contributed by atoms with Gasteiger partial charge in [-0.2, -0.15) is 0 Å². The van der Waals surface area contributed by atoms with Crippen LogP contribution in [0.5, 0.6) is 5.75 Å². The molecule has 26 heavy (non-hydrogen) atoms. The Morgan fingerprint density at radius 2 is 1.73 bits per heavy atom. The number of nitrogens with one attached hydrogen (secondary N) is 1. The van der Waals surface area contributed by atoms with Gasteiger partial charge in [-0.15, -0.1) is 13.2 Å². The highest BCUT2D eigenvalue weighted by atomic mass is 19.4. The first-order valence-corrected chi connectivity index (χ1v) is 8.42. The molecule has 6 nitrogen and oxygen atoms in total. The average Bonchev–Trinajstić information content (AvgIpc) is 2.56. The van der Waals surface area contributed by atoms with Crippen LogP contribution >= 0.6 is 0 Å². The third-order valence-electron chi connectivity index (χ3n) is 3.93. The molecular weight excluding hydrogens is 351 g/mol. The van der Waals surface area contributed by atoms with Gasteiger partial charge in [0.25, 0.3) is 0 Å². The van der Waals surface area contributed by atoms with E-state index in [1.807, 2.05) is 11.8 Å². The van der Waals surface area contributed by atoms with Crippen molar-refractivity contribution in [3.8, 4) is 5.75 Å². The topological polar surface area (TPSA) is 61.9 Å². The Hall–Kier alpha value is -2.29. The quantitative estimate of drug-likeness (QED) is 0.832. The van der Waals surface area contributed by atoms with E-state index in [9.17, 15) is 22.8 Å². The molecule has 0 saturated carbocycles. The van der Waals surface area contributed by atoms with Gasteiger partial charge in [0.2, 0.25) is 11.8 Å². The molecule has 1 aromatic rings. The summed E-state index contributed by atoms with van der Waals surface area (Å²) >= 11 is 0. The van der Waals surface area contributed by atoms with Crippen LogP contribution in [0.3, 0.4) is 0 Å². The maximum Gasteiger partial charge on any atom is 0.573 e. The minimum Gasteiger partial charge on any atom is -0.406 e. The largest absolute Gasteiger partial charge is 0.573 e. The Morgan fingerprint density at radius 3 is 2.27 bits per heavy atom. The molecule has 1 fully saturated rings. The van der Waals surface area contributed by atoms with Gasteiger partial charge in [0.15, 0.2) is 0 Å². The van der Waals surface area contributed by atoms with Crippen molar-refractivity contribution in [2.75, 3.05) is 38.0 Å². The molecule has 0 unspecified atom stereocenters. The fourth-order valence-electron chi connectivity index (χ4n) is 2.67. The highest BCUT2D eigenvalue weighted by Crippen LogP contribution is 2.23. The van der Waals surface area contributed by atoms with Crippen molar-refractivity contribution in [1.29, 1.82) is 0 Å². The Balaban J connectivity index is 1.76. The van der Waals surface area contributed by atoms with Gasteiger partial charge in [-0.05, 0) is 30.7 Å². The number of hydrogen-bond donors (Lipinski definition) is 1. The van der Waals surface area contributed by atoms with Crippen LogP contribution in [-0.4, -0.2) is 60.7 Å². The maximum absolute atomic E-state index is 12.1. The molecule has 1 N–H and O–H groups in total. The van der Waals surface area contributed by atoms with E-state index in [1.54, 1.807) is 4.90 Å². The van der Waals surface area contributed by atoms with Crippen molar-refractivity contribution in [3.63, 3.8) is 0 Å². The number of anilines is 1. The van der Waals surface area contributed by atoms with E-state index >= 15 is 0 Å². The Labute approximate surface area is 149 Å². The fourth-order valence-corrected chi connectivity index (χ4v) is 2.67. The summed E-state index contributed by atoms with van der Waals surface area (Å²) in [4.78, 5) is 27.6. The van der Waals surface area contributed by atoms with Gasteiger partial charge in [0.05, 0.1) is 6.54 Å². The molecule has 9 heteroatoms. The van der Waals surface area contributed by atoms with Crippen molar-refractivity contribution in [2.45, 2.75) is 26.1 Å². The summed E-state index contributed by atoms with van der Waals surface area (Å²) in [5, 5.41) is 2.64. The molecule has 0 bridgehead atoms. The van der Waals surface area contributed by atoms with Crippen LogP contribution in [0.1, 0.15) is 19.8 Å². The monoisotopic (exact) mass is 373 g/mol. The van der Waals surface area contributed by atoms with Crippen LogP contribution in [0.2, 0.25) is 0 Å². The highest BCUT2D eigenvalue weighted by molar-refractivity contribution is 5.92. The highest BCUT2D eigenvalue weighted by Gasteiger charge is 2.31. The summed E-state index contributed by atoms with van der Waals surface area (Å²) in [6, 6.07) is 4.98. The first-order chi connectivity index (χ1) is 12.3. The molecular formula is C17H22F3N3O3. The van der Waals surface area contributed by atoms with Crippen LogP contribution < -0.4 is 10.1 Å². The van der Waals surface area contributed by atoms with Crippen LogP contribution in [0.15, 0.2) is 24.3 Å². The minimum atomic E-state index is -4.74. The molecule has 144 valence electrons. The van der Waals surface area contributed by atoms with Crippen LogP contribution in [0, 0.1) is 0 Å². The number of halogens is 3. The van der Waals surface area contributed by atoms with E-state index in [0.717, 1.165) is 18.6 Å². The van der Waals surface area contributed by atoms with Crippen LogP contribution in [-0.2, 0) is 9.59 Å². The molecule has 1 aromatic carbocycles. The molecule has 1 heterocycles. The van der Waals surface area contributed by atoms with Gasteiger partial charge in [-0.25, -0.2) is 0 Å². The van der Waals surface area contributed by atoms with Crippen molar-refractivity contribution < 1.29 is 27.5 Å². The predicted molar refractivity (Wildman–Crippen MR) is 89.7 cm³/mol. The number of piperazine rings is 1. The first kappa shape index (κ1) is 20.0. The smallest absolute Gasteiger partial charge is 0.406 e. The average molecular weight is 373 g/mol. The summed E-state index contributed by atoms with van der Waals surface area (Å²) in [6.45, 7) is 4.53. The van der Waals surface area contributed by atoms with Gasteiger partial charge < -0.3 is 15.0 Å². The number of ether oxygens (including phenoxy) is 1. The molecule has 2 rings (SSSR count). The zero-order valence-electron chi connectivity index (χ0n) is 14.5. The van der Waals surface area contributed by atoms with Crippen molar-refractivity contribution in [2.24, 2.45) is 0 Å². The van der Waals surface area contributed by atoms with E-state index < -0.39 is 6.36 Å². The zero-order valence-corrected chi connectivity index (χ0v) is 14.5. The van der Waals surface area contributed by atoms with Gasteiger partial charge in [0, 0.05) is 38.3 Å². The molecule has 1 saturated heterocycles. The molecule has 0 aromatic heterocycles. The number of rotatable bonds is 6. The molecule has 1 aliphatic rings. The van der Waals surface area contributed by atoms with Crippen molar-refractivity contribution in [1.82, 2.24) is 9.80 Å². The standard InChI is InChI=1S/C17H22F3N3O3/c1-2-3-16(25)23-10-8-22(9-11-23)12-15(24)21-13-4-6-14(7-5-13)26-17(18,19)20/h4-7H,2-3,8-12H2,1H3,(H,21,24). The number of hydrogen-bond acceptors (Lipinski definition) is 4. The van der Waals surface area contributed by atoms with E-state index in [0.29, 0.717) is 38.3 Å². The van der Waals surface area contributed by atoms with Crippen LogP contribution in [0.25, 0.3) is 0 Å². The predicted octanol–water partition coefficient (Wildman–Crippen LogP) is 2.47. The lowest BCUT2D eigenvalue weighted by molar-refractivity contribution is -0.274. The summed E-state index contributed by atoms with van der Waals surface area (Å²) < 4.78 is 40.1. The van der Waals surface area contributed by atoms with E-state index in [4.69, 9.17) is 0 Å². The normalized spacial score (nSPS) is 15.6. The van der Waals surface area contributed by atoms with E-state index in [-0.39, 0.29) is 24.1 Å². The summed E-state index contributed by atoms with van der Waals surface area (Å²) in [5.41, 5.74) is 0.390. The van der Waals surface area contributed by atoms with Gasteiger partial charge >= 0.3 is 6.36 Å². The second kappa shape index (κ2) is 8.88. The third kappa shape index (κ3) is 6.55. The summed E-state index contributed by atoms with van der Waals surface area (Å²) in [6.07, 6.45) is -3.39. The lowest BCUT2D eigenvalue weighted by atomic mass is 10.2. The number of benzene rings is 1.